The number of anilines is 2. The summed E-state index contributed by atoms with van der Waals surface area (Å²) < 4.78 is 10.4. The number of pyridine rings is 1. The Morgan fingerprint density at radius 2 is 1.66 bits per heavy atom. The minimum absolute atomic E-state index is 0.0528. The highest BCUT2D eigenvalue weighted by Gasteiger charge is 2.23. The van der Waals surface area contributed by atoms with Crippen LogP contribution >= 0.6 is 0 Å². The number of para-hydroxylation sites is 1. The van der Waals surface area contributed by atoms with Crippen LogP contribution in [-0.2, 0) is 11.2 Å². The monoisotopic (exact) mass is 478 g/mol. The van der Waals surface area contributed by atoms with Gasteiger partial charge in [0.15, 0.2) is 11.5 Å². The number of fused-ring (bicyclic) bond motifs is 1. The first-order chi connectivity index (χ1) is 16.9. The molecule has 186 valence electrons. The molecule has 0 atom stereocenters. The fraction of sp³-hybridized carbons (Fsp3) is 0.407. The molecule has 1 heterocycles. The van der Waals surface area contributed by atoms with E-state index in [2.05, 4.69) is 27.7 Å². The number of hydrogen-bond acceptors (Lipinski definition) is 7. The van der Waals surface area contributed by atoms with Crippen LogP contribution in [0, 0.1) is 0 Å². The zero-order valence-corrected chi connectivity index (χ0v) is 20.8. The van der Waals surface area contributed by atoms with Crippen molar-refractivity contribution in [3.8, 4) is 17.2 Å². The van der Waals surface area contributed by atoms with Gasteiger partial charge in [0.05, 0.1) is 26.2 Å². The van der Waals surface area contributed by atoms with E-state index < -0.39 is 0 Å². The van der Waals surface area contributed by atoms with E-state index in [1.165, 1.54) is 14.2 Å². The summed E-state index contributed by atoms with van der Waals surface area (Å²) in [7, 11) is 7.03. The van der Waals surface area contributed by atoms with Crippen molar-refractivity contribution in [1.29, 1.82) is 0 Å². The maximum Gasteiger partial charge on any atom is 0.224 e. The van der Waals surface area contributed by atoms with Crippen LogP contribution < -0.4 is 25.0 Å². The average Bonchev–Trinajstić information content (AvgIpc) is 2.85. The standard InChI is InChI=1S/C27H34N4O4/c1-31(2)22-16-25(30-21-8-6-5-7-20(21)22)28-18-9-11-19(12-10-18)29-26(32)15-17-13-23(34-3)27(33)24(14-17)35-4/h5-8,13-14,16,18-19,33H,9-12,15H2,1-4H3,(H,28,30)(H,29,32)/t18-,19+. The number of benzene rings is 2. The van der Waals surface area contributed by atoms with E-state index in [0.717, 1.165) is 53.7 Å². The van der Waals surface area contributed by atoms with E-state index in [9.17, 15) is 9.90 Å². The zero-order valence-electron chi connectivity index (χ0n) is 20.8. The van der Waals surface area contributed by atoms with Gasteiger partial charge in [0, 0.05) is 43.3 Å². The Bertz CT molecular complexity index is 1160. The molecule has 3 N–H and O–H groups in total. The average molecular weight is 479 g/mol. The van der Waals surface area contributed by atoms with Crippen molar-refractivity contribution in [3.63, 3.8) is 0 Å². The van der Waals surface area contributed by atoms with E-state index in [1.807, 2.05) is 32.3 Å². The summed E-state index contributed by atoms with van der Waals surface area (Å²) in [5.41, 5.74) is 2.84. The molecule has 1 fully saturated rings. The van der Waals surface area contributed by atoms with E-state index in [4.69, 9.17) is 14.5 Å². The maximum atomic E-state index is 12.7. The van der Waals surface area contributed by atoms with Gasteiger partial charge in [0.25, 0.3) is 0 Å². The third-order valence-corrected chi connectivity index (χ3v) is 6.52. The summed E-state index contributed by atoms with van der Waals surface area (Å²) in [6.45, 7) is 0. The molecule has 8 heteroatoms. The summed E-state index contributed by atoms with van der Waals surface area (Å²) in [4.78, 5) is 19.6. The van der Waals surface area contributed by atoms with E-state index in [0.29, 0.717) is 17.5 Å². The third kappa shape index (κ3) is 5.70. The second kappa shape index (κ2) is 10.7. The molecule has 0 spiro atoms. The number of methoxy groups -OCH3 is 2. The van der Waals surface area contributed by atoms with E-state index in [1.54, 1.807) is 12.1 Å². The van der Waals surface area contributed by atoms with Crippen LogP contribution in [0.1, 0.15) is 31.2 Å². The van der Waals surface area contributed by atoms with Gasteiger partial charge in [0.1, 0.15) is 5.82 Å². The van der Waals surface area contributed by atoms with Gasteiger partial charge in [-0.2, -0.15) is 0 Å². The number of carbonyl (C=O) groups is 1. The third-order valence-electron chi connectivity index (χ3n) is 6.52. The van der Waals surface area contributed by atoms with Gasteiger partial charge < -0.3 is 30.1 Å². The molecule has 1 saturated carbocycles. The first kappa shape index (κ1) is 24.4. The molecule has 1 aliphatic carbocycles. The van der Waals surface area contributed by atoms with Crippen LogP contribution in [-0.4, -0.2) is 56.4 Å². The lowest BCUT2D eigenvalue weighted by Crippen LogP contribution is -2.40. The smallest absolute Gasteiger partial charge is 0.224 e. The summed E-state index contributed by atoms with van der Waals surface area (Å²) in [6.07, 6.45) is 3.91. The van der Waals surface area contributed by atoms with E-state index >= 15 is 0 Å². The van der Waals surface area contributed by atoms with Crippen LogP contribution in [0.4, 0.5) is 11.5 Å². The molecule has 35 heavy (non-hydrogen) atoms. The van der Waals surface area contributed by atoms with Crippen molar-refractivity contribution in [3.05, 3.63) is 48.0 Å². The molecule has 1 aliphatic rings. The Morgan fingerprint density at radius 1 is 1.03 bits per heavy atom. The number of phenolic OH excluding ortho intramolecular Hbond substituents is 1. The number of carbonyl (C=O) groups excluding carboxylic acids is 1. The van der Waals surface area contributed by atoms with Crippen LogP contribution in [0.2, 0.25) is 0 Å². The topological polar surface area (TPSA) is 96.0 Å². The van der Waals surface area contributed by atoms with Crippen molar-refractivity contribution in [2.75, 3.05) is 38.5 Å². The Morgan fingerprint density at radius 3 is 2.29 bits per heavy atom. The van der Waals surface area contributed by atoms with E-state index in [-0.39, 0.29) is 24.1 Å². The van der Waals surface area contributed by atoms with Gasteiger partial charge in [-0.05, 0) is 49.4 Å². The highest BCUT2D eigenvalue weighted by Crippen LogP contribution is 2.37. The van der Waals surface area contributed by atoms with Gasteiger partial charge >= 0.3 is 0 Å². The minimum Gasteiger partial charge on any atom is -0.502 e. The summed E-state index contributed by atoms with van der Waals surface area (Å²) >= 11 is 0. The van der Waals surface area contributed by atoms with Crippen molar-refractivity contribution in [2.45, 2.75) is 44.2 Å². The molecular formula is C27H34N4O4. The second-order valence-corrected chi connectivity index (χ2v) is 9.22. The predicted molar refractivity (Wildman–Crippen MR) is 139 cm³/mol. The molecule has 0 radical (unpaired) electrons. The van der Waals surface area contributed by atoms with Gasteiger partial charge in [-0.15, -0.1) is 0 Å². The number of rotatable bonds is 8. The van der Waals surface area contributed by atoms with Gasteiger partial charge in [0.2, 0.25) is 11.7 Å². The number of phenols is 1. The normalized spacial score (nSPS) is 17.6. The lowest BCUT2D eigenvalue weighted by Gasteiger charge is -2.30. The number of aromatic nitrogens is 1. The Labute approximate surface area is 206 Å². The molecule has 0 bridgehead atoms. The molecule has 4 rings (SSSR count). The number of nitrogens with one attached hydrogen (secondary N) is 2. The van der Waals surface area contributed by atoms with Gasteiger partial charge in [-0.25, -0.2) is 4.98 Å². The Balaban J connectivity index is 1.33. The van der Waals surface area contributed by atoms with Crippen molar-refractivity contribution < 1.29 is 19.4 Å². The minimum atomic E-state index is -0.0661. The molecular weight excluding hydrogens is 444 g/mol. The zero-order chi connectivity index (χ0) is 24.9. The molecule has 1 aromatic heterocycles. The first-order valence-corrected chi connectivity index (χ1v) is 11.9. The molecule has 0 aliphatic heterocycles. The van der Waals surface area contributed by atoms with Crippen LogP contribution in [0.25, 0.3) is 10.9 Å². The number of amides is 1. The number of aromatic hydroxyl groups is 1. The summed E-state index contributed by atoms with van der Waals surface area (Å²) in [5, 5.41) is 18.0. The lowest BCUT2D eigenvalue weighted by atomic mass is 9.91. The van der Waals surface area contributed by atoms with Crippen molar-refractivity contribution in [2.24, 2.45) is 0 Å². The molecule has 8 nitrogen and oxygen atoms in total. The highest BCUT2D eigenvalue weighted by atomic mass is 16.5. The Hall–Kier alpha value is -3.68. The molecule has 2 aromatic carbocycles. The summed E-state index contributed by atoms with van der Waals surface area (Å²) in [5.74, 6) is 1.35. The molecule has 1 amide bonds. The Kier molecular flexibility index (Phi) is 7.48. The maximum absolute atomic E-state index is 12.7. The van der Waals surface area contributed by atoms with Crippen molar-refractivity contribution in [1.82, 2.24) is 10.3 Å². The van der Waals surface area contributed by atoms with Crippen molar-refractivity contribution >= 4 is 28.3 Å². The van der Waals surface area contributed by atoms with Crippen LogP contribution in [0.15, 0.2) is 42.5 Å². The van der Waals surface area contributed by atoms with Crippen LogP contribution in [0.5, 0.6) is 17.2 Å². The van der Waals surface area contributed by atoms with Gasteiger partial charge in [-0.3, -0.25) is 4.79 Å². The fourth-order valence-corrected chi connectivity index (χ4v) is 4.71. The lowest BCUT2D eigenvalue weighted by molar-refractivity contribution is -0.121. The first-order valence-electron chi connectivity index (χ1n) is 11.9. The quantitative estimate of drug-likeness (QED) is 0.448. The number of hydrogen-bond donors (Lipinski definition) is 3. The number of ether oxygens (including phenoxy) is 2. The SMILES string of the molecule is COc1cc(CC(=O)N[C@H]2CC[C@@H](Nc3cc(N(C)C)c4ccccc4n3)CC2)cc(OC)c1O. The molecule has 3 aromatic rings. The van der Waals surface area contributed by atoms with Gasteiger partial charge in [-0.1, -0.05) is 18.2 Å². The second-order valence-electron chi connectivity index (χ2n) is 9.22. The molecule has 0 unspecified atom stereocenters. The largest absolute Gasteiger partial charge is 0.502 e. The number of nitrogens with zero attached hydrogens (tertiary/aromatic N) is 2. The fourth-order valence-electron chi connectivity index (χ4n) is 4.71. The predicted octanol–water partition coefficient (Wildman–Crippen LogP) is 4.11. The summed E-state index contributed by atoms with van der Waals surface area (Å²) in [6, 6.07) is 14.1. The van der Waals surface area contributed by atoms with Crippen LogP contribution in [0.3, 0.4) is 0 Å². The highest BCUT2D eigenvalue weighted by molar-refractivity contribution is 5.93. The molecule has 0 saturated heterocycles.